The summed E-state index contributed by atoms with van der Waals surface area (Å²) in [5.74, 6) is -2.98. The predicted molar refractivity (Wildman–Crippen MR) is 124 cm³/mol. The molecule has 3 aromatic rings. The van der Waals surface area contributed by atoms with Gasteiger partial charge in [0, 0.05) is 13.5 Å². The first-order valence-corrected chi connectivity index (χ1v) is 11.2. The molecule has 0 radical (unpaired) electrons. The van der Waals surface area contributed by atoms with Crippen LogP contribution in [0.15, 0.2) is 34.7 Å². The fourth-order valence-electron chi connectivity index (χ4n) is 3.61. The number of aliphatic hydroxyl groups is 1. The van der Waals surface area contributed by atoms with Gasteiger partial charge in [-0.25, -0.2) is 13.2 Å². The Balaban J connectivity index is 0.00000167. The van der Waals surface area contributed by atoms with Crippen LogP contribution < -0.4 is 10.6 Å². The molecule has 1 aliphatic rings. The van der Waals surface area contributed by atoms with E-state index in [1.165, 1.54) is 17.0 Å². The third kappa shape index (κ3) is 5.98. The molecular weight excluding hydrogens is 463 g/mol. The maximum absolute atomic E-state index is 14.6. The van der Waals surface area contributed by atoms with Crippen molar-refractivity contribution < 1.29 is 27.5 Å². The maximum atomic E-state index is 14.6. The number of nitrogens with zero attached hydrogens (tertiary/aromatic N) is 3. The highest BCUT2D eigenvalue weighted by molar-refractivity contribution is 6.01. The monoisotopic (exact) mass is 491 g/mol. The van der Waals surface area contributed by atoms with E-state index in [9.17, 15) is 23.1 Å². The Labute approximate surface area is 201 Å². The Morgan fingerprint density at radius 2 is 1.83 bits per heavy atom. The molecule has 1 fully saturated rings. The molecule has 0 atom stereocenters. The third-order valence-corrected chi connectivity index (χ3v) is 5.27. The highest BCUT2D eigenvalue weighted by Crippen LogP contribution is 2.31. The predicted octanol–water partition coefficient (Wildman–Crippen LogP) is 3.85. The molecule has 3 N–H and O–H groups in total. The molecule has 1 saturated heterocycles. The van der Waals surface area contributed by atoms with Gasteiger partial charge in [0.15, 0.2) is 11.6 Å². The number of aromatic nitrogens is 2. The second-order valence-electron chi connectivity index (χ2n) is 8.10. The molecule has 11 heteroatoms. The van der Waals surface area contributed by atoms with Crippen molar-refractivity contribution in [2.75, 3.05) is 25.0 Å². The second kappa shape index (κ2) is 10.9. The summed E-state index contributed by atoms with van der Waals surface area (Å²) in [7, 11) is 0. The van der Waals surface area contributed by atoms with Crippen LogP contribution in [0.3, 0.4) is 0 Å². The Bertz CT molecular complexity index is 1200. The lowest BCUT2D eigenvalue weighted by Crippen LogP contribution is -2.67. The van der Waals surface area contributed by atoms with Gasteiger partial charge >= 0.3 is 0 Å². The van der Waals surface area contributed by atoms with Gasteiger partial charge in [0.1, 0.15) is 11.4 Å². The van der Waals surface area contributed by atoms with E-state index < -0.39 is 34.6 Å². The molecular formula is C24H28F3N5O3. The molecule has 1 aliphatic heterocycles. The Morgan fingerprint density at radius 1 is 1.11 bits per heavy atom. The van der Waals surface area contributed by atoms with Crippen LogP contribution in [0.4, 0.5) is 24.5 Å². The zero-order valence-electron chi connectivity index (χ0n) is 20.0. The zero-order valence-corrected chi connectivity index (χ0v) is 20.0. The van der Waals surface area contributed by atoms with Crippen LogP contribution in [0.2, 0.25) is 0 Å². The molecule has 0 saturated carbocycles. The van der Waals surface area contributed by atoms with Crippen molar-refractivity contribution in [2.24, 2.45) is 0 Å². The van der Waals surface area contributed by atoms with Crippen LogP contribution in [0.25, 0.3) is 0 Å². The normalized spacial score (nSPS) is 14.1. The molecule has 35 heavy (non-hydrogen) atoms. The number of halogens is 3. The van der Waals surface area contributed by atoms with Gasteiger partial charge in [0.05, 0.1) is 36.6 Å². The average molecular weight is 492 g/mol. The molecule has 4 rings (SSSR count). The zero-order chi connectivity index (χ0) is 25.8. The number of rotatable bonds is 7. The summed E-state index contributed by atoms with van der Waals surface area (Å²) in [4.78, 5) is 14.3. The summed E-state index contributed by atoms with van der Waals surface area (Å²) < 4.78 is 48.0. The molecule has 0 unspecified atom stereocenters. The van der Waals surface area contributed by atoms with Crippen molar-refractivity contribution in [3.63, 3.8) is 0 Å². The van der Waals surface area contributed by atoms with E-state index in [1.54, 1.807) is 19.9 Å². The van der Waals surface area contributed by atoms with Gasteiger partial charge in [0.25, 0.3) is 5.91 Å². The standard InChI is InChI=1S/C22H22F3N5O3.C2H6/c1-12-3-6-17(16(24)7-12)27-20-14(4-5-15(23)19(20)25)21(31)30-10-22(32,11-30)9-26-8-18-29-28-13(2)33-18;1-2/h3-7,26-27,32H,8-11H2,1-2H3;1-2H3. The van der Waals surface area contributed by atoms with Crippen LogP contribution >= 0.6 is 0 Å². The molecule has 2 heterocycles. The highest BCUT2D eigenvalue weighted by atomic mass is 19.2. The number of benzene rings is 2. The SMILES string of the molecule is CC.Cc1ccc(Nc2c(C(=O)N3CC(O)(CNCc4nnc(C)o4)C3)ccc(F)c2F)c(F)c1. The number of β-amino-alcohol motifs (C(OH)–C–C–N with tert-alkyl or cyclic N) is 1. The van der Waals surface area contributed by atoms with Crippen LogP contribution in [0, 0.1) is 31.3 Å². The summed E-state index contributed by atoms with van der Waals surface area (Å²) in [6.45, 7) is 7.69. The first-order chi connectivity index (χ1) is 16.6. The van der Waals surface area contributed by atoms with Gasteiger partial charge in [0.2, 0.25) is 11.8 Å². The second-order valence-corrected chi connectivity index (χ2v) is 8.10. The third-order valence-electron chi connectivity index (χ3n) is 5.27. The van der Waals surface area contributed by atoms with Gasteiger partial charge in [-0.3, -0.25) is 4.79 Å². The lowest BCUT2D eigenvalue weighted by atomic mass is 9.92. The number of anilines is 2. The summed E-state index contributed by atoms with van der Waals surface area (Å²) in [5.41, 5.74) is -1.30. The quantitative estimate of drug-likeness (QED) is 0.461. The molecule has 0 spiro atoms. The van der Waals surface area contributed by atoms with Gasteiger partial charge < -0.3 is 25.1 Å². The van der Waals surface area contributed by atoms with E-state index in [1.807, 2.05) is 13.8 Å². The Kier molecular flexibility index (Phi) is 8.13. The highest BCUT2D eigenvalue weighted by Gasteiger charge is 2.44. The van der Waals surface area contributed by atoms with E-state index in [4.69, 9.17) is 4.42 Å². The first-order valence-electron chi connectivity index (χ1n) is 11.2. The van der Waals surface area contributed by atoms with Crippen molar-refractivity contribution in [1.82, 2.24) is 20.4 Å². The van der Waals surface area contributed by atoms with Crippen molar-refractivity contribution in [2.45, 2.75) is 39.8 Å². The number of hydrogen-bond acceptors (Lipinski definition) is 7. The fourth-order valence-corrected chi connectivity index (χ4v) is 3.61. The number of amides is 1. The molecule has 2 aromatic carbocycles. The van der Waals surface area contributed by atoms with Gasteiger partial charge in [-0.05, 0) is 36.8 Å². The van der Waals surface area contributed by atoms with Crippen molar-refractivity contribution in [3.8, 4) is 0 Å². The fraction of sp³-hybridized carbons (Fsp3) is 0.375. The Hall–Kier alpha value is -3.44. The molecule has 1 amide bonds. The molecule has 188 valence electrons. The number of nitrogens with one attached hydrogen (secondary N) is 2. The van der Waals surface area contributed by atoms with Gasteiger partial charge in [-0.15, -0.1) is 10.2 Å². The van der Waals surface area contributed by atoms with Gasteiger partial charge in [-0.1, -0.05) is 19.9 Å². The van der Waals surface area contributed by atoms with E-state index in [-0.39, 0.29) is 37.4 Å². The van der Waals surface area contributed by atoms with Crippen LogP contribution in [-0.2, 0) is 6.54 Å². The largest absolute Gasteiger partial charge is 0.424 e. The average Bonchev–Trinajstić information content (AvgIpc) is 3.22. The van der Waals surface area contributed by atoms with E-state index in [0.717, 1.165) is 12.1 Å². The van der Waals surface area contributed by atoms with Crippen molar-refractivity contribution in [1.29, 1.82) is 0 Å². The minimum Gasteiger partial charge on any atom is -0.424 e. The van der Waals surface area contributed by atoms with Crippen LogP contribution in [0.1, 0.15) is 41.6 Å². The number of carbonyl (C=O) groups is 1. The maximum Gasteiger partial charge on any atom is 0.256 e. The molecule has 8 nitrogen and oxygen atoms in total. The van der Waals surface area contributed by atoms with Crippen LogP contribution in [-0.4, -0.2) is 51.3 Å². The summed E-state index contributed by atoms with van der Waals surface area (Å²) >= 11 is 0. The van der Waals surface area contributed by atoms with Crippen molar-refractivity contribution >= 4 is 17.3 Å². The lowest BCUT2D eigenvalue weighted by molar-refractivity contribution is -0.0788. The van der Waals surface area contributed by atoms with E-state index >= 15 is 0 Å². The first kappa shape index (κ1) is 26.2. The number of likely N-dealkylation sites (tertiary alicyclic amines) is 1. The number of hydrogen-bond donors (Lipinski definition) is 3. The lowest BCUT2D eigenvalue weighted by Gasteiger charge is -2.46. The minimum absolute atomic E-state index is 0.0287. The Morgan fingerprint density at radius 3 is 2.46 bits per heavy atom. The van der Waals surface area contributed by atoms with Crippen molar-refractivity contribution in [3.05, 3.63) is 70.7 Å². The topological polar surface area (TPSA) is 104 Å². The summed E-state index contributed by atoms with van der Waals surface area (Å²) in [6, 6.07) is 6.17. The molecule has 0 bridgehead atoms. The number of aryl methyl sites for hydroxylation is 2. The number of carbonyl (C=O) groups excluding carboxylic acids is 1. The summed E-state index contributed by atoms with van der Waals surface area (Å²) in [5, 5.41) is 23.6. The smallest absolute Gasteiger partial charge is 0.256 e. The van der Waals surface area contributed by atoms with E-state index in [2.05, 4.69) is 20.8 Å². The minimum atomic E-state index is -1.30. The molecule has 0 aliphatic carbocycles. The van der Waals surface area contributed by atoms with E-state index in [0.29, 0.717) is 17.3 Å². The summed E-state index contributed by atoms with van der Waals surface area (Å²) in [6.07, 6.45) is 0. The van der Waals surface area contributed by atoms with Gasteiger partial charge in [-0.2, -0.15) is 0 Å². The molecule has 1 aromatic heterocycles. The van der Waals surface area contributed by atoms with Crippen LogP contribution in [0.5, 0.6) is 0 Å².